The van der Waals surface area contributed by atoms with Gasteiger partial charge in [-0.15, -0.1) is 0 Å². The molecule has 3 aliphatic heterocycles. The molecule has 2 aromatic heterocycles. The summed E-state index contributed by atoms with van der Waals surface area (Å²) in [5, 5.41) is 22.4. The number of nitrogens with one attached hydrogen (secondary N) is 3. The summed E-state index contributed by atoms with van der Waals surface area (Å²) in [6.07, 6.45) is 3.07. The number of carbonyl (C=O) groups is 4. The number of amides is 2. The number of thiol groups is 1. The Morgan fingerprint density at radius 1 is 0.909 bits per heavy atom. The maximum atomic E-state index is 12.7. The van der Waals surface area contributed by atoms with Crippen molar-refractivity contribution < 1.29 is 29.4 Å². The van der Waals surface area contributed by atoms with Crippen molar-refractivity contribution in [1.29, 1.82) is 0 Å². The molecular weight excluding hydrogens is 580 g/mol. The molecule has 2 fully saturated rings. The van der Waals surface area contributed by atoms with Crippen molar-refractivity contribution >= 4 is 41.2 Å². The lowest BCUT2D eigenvalue weighted by Crippen LogP contribution is -2.33. The van der Waals surface area contributed by atoms with Gasteiger partial charge in [0.05, 0.1) is 11.4 Å². The second kappa shape index (κ2) is 12.1. The first-order valence-electron chi connectivity index (χ1n) is 15.5. The van der Waals surface area contributed by atoms with Crippen LogP contribution in [0, 0.1) is 25.7 Å². The van der Waals surface area contributed by atoms with E-state index < -0.39 is 11.9 Å². The Morgan fingerprint density at radius 3 is 2.09 bits per heavy atom. The summed E-state index contributed by atoms with van der Waals surface area (Å²) in [6.45, 7) is 12.0. The molecule has 0 radical (unpaired) electrons. The van der Waals surface area contributed by atoms with Crippen molar-refractivity contribution in [3.63, 3.8) is 0 Å². The summed E-state index contributed by atoms with van der Waals surface area (Å²) in [4.78, 5) is 59.5. The zero-order chi connectivity index (χ0) is 32.1. The van der Waals surface area contributed by atoms with Crippen LogP contribution in [-0.2, 0) is 56.6 Å². The van der Waals surface area contributed by atoms with Crippen LogP contribution >= 0.6 is 0 Å². The molecule has 1 spiro atoms. The predicted molar refractivity (Wildman–Crippen MR) is 170 cm³/mol. The van der Waals surface area contributed by atoms with Crippen LogP contribution in [0.1, 0.15) is 104 Å². The molecule has 2 saturated heterocycles. The fourth-order valence-electron chi connectivity index (χ4n) is 7.41. The fraction of sp³-hybridized carbons (Fsp3) is 0.545. The van der Waals surface area contributed by atoms with E-state index in [-0.39, 0.29) is 46.6 Å². The Labute approximate surface area is 261 Å². The van der Waals surface area contributed by atoms with Crippen molar-refractivity contribution in [2.45, 2.75) is 103 Å². The van der Waals surface area contributed by atoms with Gasteiger partial charge >= 0.3 is 11.9 Å². The Balaban J connectivity index is 1.51. The molecule has 0 aliphatic carbocycles. The molecule has 0 unspecified atom stereocenters. The predicted octanol–water partition coefficient (Wildman–Crippen LogP) is 4.19. The first-order chi connectivity index (χ1) is 20.8. The third kappa shape index (κ3) is 5.55. The number of aliphatic imine (C=N–C) groups is 1. The minimum atomic E-state index is -0.883. The SMILES string of the molecule is CCC1=C(C)C(Cc2[nH]c(Cc3[nH]c([C@@H]4[SH+][C@]45NC(=O)[C@H](C)[C@H]5CC)c(C)c3CCC(=O)O)c(CCC(=O)O)c2C)=NC1=O. The van der Waals surface area contributed by atoms with E-state index >= 15 is 0 Å². The quantitative estimate of drug-likeness (QED) is 0.128. The van der Waals surface area contributed by atoms with Gasteiger partial charge in [-0.25, -0.2) is 4.99 Å². The number of carboxylic acids is 2. The minimum Gasteiger partial charge on any atom is -0.481 e. The van der Waals surface area contributed by atoms with Crippen molar-refractivity contribution in [3.05, 3.63) is 56.2 Å². The van der Waals surface area contributed by atoms with E-state index in [0.29, 0.717) is 32.1 Å². The molecule has 5 rings (SSSR count). The monoisotopic (exact) mass is 623 g/mol. The number of carboxylic acid groups (broad SMARTS) is 2. The summed E-state index contributed by atoms with van der Waals surface area (Å²) in [5.74, 6) is -1.69. The number of nitrogens with zero attached hydrogens (tertiary/aromatic N) is 1. The number of hydrogen-bond donors (Lipinski definition) is 5. The molecule has 0 saturated carbocycles. The first-order valence-corrected chi connectivity index (χ1v) is 16.5. The van der Waals surface area contributed by atoms with Gasteiger partial charge in [-0.3, -0.25) is 19.2 Å². The van der Waals surface area contributed by atoms with Gasteiger partial charge in [0.15, 0.2) is 0 Å². The third-order valence-corrected chi connectivity index (χ3v) is 11.8. The highest BCUT2D eigenvalue weighted by atomic mass is 32.2. The molecule has 5 N–H and O–H groups in total. The number of allylic oxidation sites excluding steroid dienone is 1. The van der Waals surface area contributed by atoms with Crippen molar-refractivity contribution in [2.24, 2.45) is 16.8 Å². The molecule has 11 heteroatoms. The normalized spacial score (nSPS) is 24.4. The lowest BCUT2D eigenvalue weighted by Gasteiger charge is -2.11. The molecular formula is C33H43N4O6S+. The van der Waals surface area contributed by atoms with Gasteiger partial charge in [-0.2, -0.15) is 0 Å². The van der Waals surface area contributed by atoms with Gasteiger partial charge in [0.2, 0.25) is 11.2 Å². The van der Waals surface area contributed by atoms with Gasteiger partial charge < -0.3 is 25.5 Å². The van der Waals surface area contributed by atoms with Crippen LogP contribution in [0.4, 0.5) is 0 Å². The Morgan fingerprint density at radius 2 is 1.52 bits per heavy atom. The lowest BCUT2D eigenvalue weighted by molar-refractivity contribution is -0.138. The lowest BCUT2D eigenvalue weighted by atomic mass is 9.86. The van der Waals surface area contributed by atoms with E-state index in [1.54, 1.807) is 0 Å². The van der Waals surface area contributed by atoms with E-state index in [9.17, 15) is 29.4 Å². The van der Waals surface area contributed by atoms with Crippen LogP contribution in [0.25, 0.3) is 0 Å². The highest BCUT2D eigenvalue weighted by Gasteiger charge is 2.77. The molecule has 2 aromatic rings. The molecule has 0 bridgehead atoms. The number of hydrogen-bond acceptors (Lipinski definition) is 4. The summed E-state index contributed by atoms with van der Waals surface area (Å²) < 4.78 is 0. The van der Waals surface area contributed by atoms with Crippen LogP contribution in [0.3, 0.4) is 0 Å². The smallest absolute Gasteiger partial charge is 0.303 e. The van der Waals surface area contributed by atoms with Crippen LogP contribution < -0.4 is 5.32 Å². The molecule has 2 amide bonds. The van der Waals surface area contributed by atoms with Gasteiger partial charge in [0, 0.05) is 71.9 Å². The van der Waals surface area contributed by atoms with Crippen molar-refractivity contribution in [2.75, 3.05) is 0 Å². The standard InChI is InChI=1S/C33H42N4O6S/c1-7-19-15(3)24(36-32(19)43)13-23-16(4)20(9-11-27(38)39)25(34-23)14-26-21(10-12-28(40)41)17(5)29(35-26)30-33(44-30)22(8-2)18(6)31(42)37-33/h18,22,30,34-35H,7-14H2,1-6H3,(H,37,42)(H,38,39)(H,40,41)/p+1/t18-,22-,30+,33+/m1/s1. The Hall–Kier alpha value is -3.60. The average Bonchev–Trinajstić information content (AvgIpc) is 3.16. The number of aromatic nitrogens is 2. The molecule has 3 aliphatic rings. The zero-order valence-electron chi connectivity index (χ0n) is 26.3. The molecule has 10 nitrogen and oxygen atoms in total. The average molecular weight is 624 g/mol. The maximum absolute atomic E-state index is 12.7. The number of carbonyl (C=O) groups excluding carboxylic acids is 2. The van der Waals surface area contributed by atoms with Gasteiger partial charge in [-0.1, -0.05) is 20.8 Å². The second-order valence-electron chi connectivity index (χ2n) is 12.4. The van der Waals surface area contributed by atoms with E-state index in [1.165, 1.54) is 0 Å². The summed E-state index contributed by atoms with van der Waals surface area (Å²) >= 11 is 1.15. The van der Waals surface area contributed by atoms with E-state index in [2.05, 4.69) is 27.2 Å². The number of aromatic amines is 2. The highest BCUT2D eigenvalue weighted by Crippen LogP contribution is 2.59. The highest BCUT2D eigenvalue weighted by molar-refractivity contribution is 7.88. The summed E-state index contributed by atoms with van der Waals surface area (Å²) in [7, 11) is 0. The van der Waals surface area contributed by atoms with E-state index in [1.807, 2.05) is 34.6 Å². The number of rotatable bonds is 13. The zero-order valence-corrected chi connectivity index (χ0v) is 27.2. The molecule has 5 heterocycles. The first kappa shape index (κ1) is 31.8. The summed E-state index contributed by atoms with van der Waals surface area (Å²) in [6, 6.07) is 0. The third-order valence-electron chi connectivity index (χ3n) is 10.00. The summed E-state index contributed by atoms with van der Waals surface area (Å²) in [5.41, 5.74) is 9.94. The van der Waals surface area contributed by atoms with Gasteiger partial charge in [0.1, 0.15) is 0 Å². The van der Waals surface area contributed by atoms with E-state index in [0.717, 1.165) is 80.1 Å². The Bertz CT molecular complexity index is 1610. The number of aliphatic carboxylic acids is 2. The van der Waals surface area contributed by atoms with Crippen molar-refractivity contribution in [3.8, 4) is 0 Å². The molecule has 0 aromatic carbocycles. The largest absolute Gasteiger partial charge is 0.481 e. The second-order valence-corrected chi connectivity index (χ2v) is 13.9. The van der Waals surface area contributed by atoms with E-state index in [4.69, 9.17) is 0 Å². The van der Waals surface area contributed by atoms with Crippen molar-refractivity contribution in [1.82, 2.24) is 15.3 Å². The molecule has 44 heavy (non-hydrogen) atoms. The van der Waals surface area contributed by atoms with Crippen LogP contribution in [0.5, 0.6) is 0 Å². The van der Waals surface area contributed by atoms with Crippen LogP contribution in [-0.4, -0.2) is 54.5 Å². The fourth-order valence-corrected chi connectivity index (χ4v) is 9.30. The van der Waals surface area contributed by atoms with Gasteiger partial charge in [-0.05, 0) is 74.3 Å². The Kier molecular flexibility index (Phi) is 8.72. The van der Waals surface area contributed by atoms with Gasteiger partial charge in [0.25, 0.3) is 10.8 Å². The van der Waals surface area contributed by atoms with Crippen LogP contribution in [0.15, 0.2) is 16.1 Å². The topological polar surface area (TPSA) is 165 Å². The molecule has 236 valence electrons. The molecule has 4 atom stereocenters. The number of H-pyrrole nitrogens is 2. The minimum absolute atomic E-state index is 0.00981. The van der Waals surface area contributed by atoms with Crippen LogP contribution in [0.2, 0.25) is 0 Å². The maximum Gasteiger partial charge on any atom is 0.303 e.